The van der Waals surface area contributed by atoms with Crippen LogP contribution in [-0.4, -0.2) is 343 Å². The van der Waals surface area contributed by atoms with Gasteiger partial charge in [-0.05, 0) is 176 Å². The molecule has 0 aliphatic carbocycles. The van der Waals surface area contributed by atoms with Crippen LogP contribution < -0.4 is 102 Å². The van der Waals surface area contributed by atoms with Gasteiger partial charge in [0.05, 0.1) is 44.3 Å². The third-order valence-corrected chi connectivity index (χ3v) is 26.2. The van der Waals surface area contributed by atoms with Crippen LogP contribution in [0.5, 0.6) is 0 Å². The number of H-pyrrole nitrogens is 1. The zero-order chi connectivity index (χ0) is 108. The highest BCUT2D eigenvalue weighted by Crippen LogP contribution is 2.25. The summed E-state index contributed by atoms with van der Waals surface area (Å²) in [7, 11) is 0. The van der Waals surface area contributed by atoms with E-state index in [1.165, 1.54) is 61.0 Å². The Balaban J connectivity index is 1.28. The molecular weight excluding hydrogens is 1930 g/mol. The van der Waals surface area contributed by atoms with Crippen molar-refractivity contribution < 1.29 is 126 Å². The Bertz CT molecular complexity index is 4900. The number of carboxylic acids is 3. The van der Waals surface area contributed by atoms with Crippen molar-refractivity contribution in [3.05, 3.63) is 71.9 Å². The molecule has 18 amide bonds. The molecule has 20 atom stereocenters. The average molecular weight is 2080 g/mol. The van der Waals surface area contributed by atoms with Crippen LogP contribution in [0.3, 0.4) is 0 Å². The number of nitrogens with one attached hydrogen (secondary N) is 17. The summed E-state index contributed by atoms with van der Waals surface area (Å²) in [4.78, 5) is 295. The number of carbonyl (C=O) groups is 21. The van der Waals surface area contributed by atoms with E-state index in [0.29, 0.717) is 59.9 Å². The molecule has 145 heavy (non-hydrogen) atoms. The minimum absolute atomic E-state index is 0.00713. The molecule has 0 radical (unpaired) electrons. The molecule has 0 saturated carbocycles. The van der Waals surface area contributed by atoms with Crippen molar-refractivity contribution in [2.24, 2.45) is 35.0 Å². The number of rotatable bonds is 65. The zero-order valence-corrected chi connectivity index (χ0v) is 85.6. The lowest BCUT2D eigenvalue weighted by molar-refractivity contribution is -0.144. The first-order valence-corrected chi connectivity index (χ1v) is 51.6. The first kappa shape index (κ1) is 123. The minimum atomic E-state index is -1.89. The van der Waals surface area contributed by atoms with Crippen molar-refractivity contribution in [1.82, 2.24) is 99.9 Å². The van der Waals surface area contributed by atoms with Gasteiger partial charge in [-0.15, -0.1) is 0 Å². The number of amides is 18. The van der Waals surface area contributed by atoms with Crippen LogP contribution in [0, 0.1) is 17.8 Å². The SMILES string of the molecule is CC[C@H](C)[C@H](NC(=O)[C@H](Cc1ccccc1)NC(=O)[C@@H](NC(=O)[C@@H](NC(=O)[C@@H](NC(=O)[C@H](CCCCN)NC(=O)[C@H](CCC(=O)O)NC(=O)[C@@H]1CCCN1C(=O)[C@H](CCSC)NC(=O)[C@H](Cc1c[nH]c2ccccc12)NC(=O)CNC(=O)[C@@H](NC(=O)[C@H](CCSC)NC(=O)CNC(=O)[C@@H]1CCCN1C(=O)[C@H](C)NC(=O)[C@H](CCCCN)NC(=O)CNC(=O)[C@@H](N)CC(=O)O)[C@@H](C)CC)[C@@H](C)O)C(C)C)[C@@H](C)O)C(=O)O. The van der Waals surface area contributed by atoms with Gasteiger partial charge in [-0.3, -0.25) is 95.9 Å². The second-order valence-corrected chi connectivity index (χ2v) is 38.6. The number of likely N-dealkylation sites (tertiary alicyclic amines) is 2. The van der Waals surface area contributed by atoms with Crippen molar-refractivity contribution in [2.45, 2.75) is 293 Å². The fourth-order valence-corrected chi connectivity index (χ4v) is 17.1. The van der Waals surface area contributed by atoms with Gasteiger partial charge < -0.3 is 143 Å². The maximum Gasteiger partial charge on any atom is 0.326 e. The van der Waals surface area contributed by atoms with Crippen molar-refractivity contribution in [1.29, 1.82) is 0 Å². The molecule has 5 rings (SSSR count). The summed E-state index contributed by atoms with van der Waals surface area (Å²) in [6.45, 7) is 11.7. The molecule has 2 aromatic carbocycles. The number of unbranched alkanes of at least 4 members (excludes halogenated alkanes) is 2. The summed E-state index contributed by atoms with van der Waals surface area (Å²) in [5.74, 6) is -21.7. The number of benzene rings is 2. The van der Waals surface area contributed by atoms with Crippen LogP contribution in [0.1, 0.15) is 183 Å². The molecular formula is C95H148N22O26S2. The standard InChI is InChI=1S/C95H148N22O26S2/c1-12-51(5)76(112-84(131)64(35-41-144-10)105-71(121)48-101-87(134)68-31-23-39-116(68)93(140)53(7)103-81(128)61(29-19-21-37-96)104-70(120)47-100-80(127)59(98)45-74(125)126)89(136)102-49-72(122)106-67(44-57-46-99-60-28-18-17-27-58(57)60)85(132)109-65(36-42-145-11)94(141)117-40-24-32-69(117)88(135)108-63(33-34-73(123)124)82(129)107-62(30-20-22-38-97)83(130)114-79(55(9)119)92(139)111-75(50(3)4)90(137)115-78(54(8)118)91(138)110-66(43-56-25-15-14-16-26-56)86(133)113-77(95(142)143)52(6)13-2/h14-18,25-28,46,50-55,59,61-69,75-79,99,118-119H,12-13,19-24,29-45,47-49,96-98H2,1-11H3,(H,100,127)(H,101,134)(H,102,136)(H,103,128)(H,104,120)(H,105,121)(H,106,122)(H,107,129)(H,108,135)(H,109,132)(H,110,138)(H,111,139)(H,112,131)(H,113,133)(H,114,130)(H,115,137)(H,123,124)(H,125,126)(H,142,143)/t51-,52-,53-,54+,55+,59-,61-,62-,63-,64-,65-,66-,67-,68-,69-,75-,76-,77-,78-,79-/m0/s1. The number of hydrogen-bond acceptors (Lipinski definition) is 28. The Morgan fingerprint density at radius 1 is 0.421 bits per heavy atom. The number of para-hydroxylation sites is 1. The number of aromatic amines is 1. The molecule has 2 aliphatic rings. The molecule has 2 fully saturated rings. The molecule has 3 aromatic rings. The van der Waals surface area contributed by atoms with Crippen molar-refractivity contribution in [3.8, 4) is 0 Å². The summed E-state index contributed by atoms with van der Waals surface area (Å²) in [6.07, 6.45) is 1.87. The predicted octanol–water partition coefficient (Wildman–Crippen LogP) is -4.37. The second kappa shape index (κ2) is 62.9. The summed E-state index contributed by atoms with van der Waals surface area (Å²) in [6, 6.07) is -7.86. The Morgan fingerprint density at radius 2 is 0.841 bits per heavy atom. The maximum absolute atomic E-state index is 15.1. The van der Waals surface area contributed by atoms with Crippen LogP contribution in [0.25, 0.3) is 10.9 Å². The Labute approximate surface area is 850 Å². The third kappa shape index (κ3) is 40.4. The maximum atomic E-state index is 15.1. The van der Waals surface area contributed by atoms with Gasteiger partial charge in [0.2, 0.25) is 106 Å². The van der Waals surface area contributed by atoms with Gasteiger partial charge in [0, 0.05) is 49.5 Å². The number of carboxylic acid groups (broad SMARTS) is 3. The number of carbonyl (C=O) groups excluding carboxylic acids is 18. The smallest absolute Gasteiger partial charge is 0.326 e. The Hall–Kier alpha value is -12.6. The first-order chi connectivity index (χ1) is 68.7. The van der Waals surface area contributed by atoms with Crippen LogP contribution in [-0.2, 0) is 114 Å². The Kier molecular flexibility index (Phi) is 53.3. The van der Waals surface area contributed by atoms with Crippen LogP contribution in [0.15, 0.2) is 60.8 Å². The molecule has 0 bridgehead atoms. The summed E-state index contributed by atoms with van der Waals surface area (Å²) >= 11 is 2.65. The second-order valence-electron chi connectivity index (χ2n) is 36.7. The fraction of sp³-hybridized carbons (Fsp3) is 0.632. The van der Waals surface area contributed by atoms with E-state index in [4.69, 9.17) is 22.3 Å². The van der Waals surface area contributed by atoms with E-state index >= 15 is 9.59 Å². The van der Waals surface area contributed by atoms with E-state index < -0.39 is 290 Å². The zero-order valence-electron chi connectivity index (χ0n) is 83.9. The average Bonchev–Trinajstić information content (AvgIpc) is 1.61. The fourth-order valence-electron chi connectivity index (χ4n) is 16.2. The van der Waals surface area contributed by atoms with Gasteiger partial charge in [0.15, 0.2) is 0 Å². The topological polar surface area (TPSA) is 752 Å². The largest absolute Gasteiger partial charge is 0.481 e. The van der Waals surface area contributed by atoms with Crippen LogP contribution >= 0.6 is 23.5 Å². The molecule has 2 saturated heterocycles. The predicted molar refractivity (Wildman–Crippen MR) is 535 cm³/mol. The van der Waals surface area contributed by atoms with Gasteiger partial charge >= 0.3 is 17.9 Å². The lowest BCUT2D eigenvalue weighted by Gasteiger charge is -2.31. The molecule has 1 aromatic heterocycles. The number of aliphatic hydroxyl groups excluding tert-OH is 2. The number of aliphatic hydroxyl groups is 2. The molecule has 806 valence electrons. The monoisotopic (exact) mass is 2080 g/mol. The van der Waals surface area contributed by atoms with E-state index in [9.17, 15) is 112 Å². The molecule has 48 nitrogen and oxygen atoms in total. The molecule has 0 unspecified atom stereocenters. The molecule has 0 spiro atoms. The molecule has 3 heterocycles. The number of thioether (sulfide) groups is 2. The van der Waals surface area contributed by atoms with Crippen molar-refractivity contribution >= 4 is 159 Å². The number of fused-ring (bicyclic) bond motifs is 1. The van der Waals surface area contributed by atoms with Crippen molar-refractivity contribution in [2.75, 3.05) is 69.8 Å². The highest BCUT2D eigenvalue weighted by atomic mass is 32.2. The summed E-state index contributed by atoms with van der Waals surface area (Å²) in [5, 5.41) is 92.3. The normalized spacial score (nSPS) is 17.1. The van der Waals surface area contributed by atoms with Gasteiger partial charge in [-0.1, -0.05) is 103 Å². The van der Waals surface area contributed by atoms with Crippen LogP contribution in [0.2, 0.25) is 0 Å². The highest BCUT2D eigenvalue weighted by Gasteiger charge is 2.45. The van der Waals surface area contributed by atoms with E-state index in [1.807, 2.05) is 0 Å². The summed E-state index contributed by atoms with van der Waals surface area (Å²) in [5.41, 5.74) is 18.8. The van der Waals surface area contributed by atoms with Gasteiger partial charge in [0.25, 0.3) is 0 Å². The number of nitrogens with two attached hydrogens (primary N) is 3. The molecule has 28 N–H and O–H groups in total. The van der Waals surface area contributed by atoms with Crippen LogP contribution in [0.4, 0.5) is 0 Å². The molecule has 2 aliphatic heterocycles. The molecule has 50 heteroatoms. The lowest BCUT2D eigenvalue weighted by Crippen LogP contribution is -2.63. The van der Waals surface area contributed by atoms with Gasteiger partial charge in [-0.25, -0.2) is 4.79 Å². The lowest BCUT2D eigenvalue weighted by atomic mass is 9.97. The summed E-state index contributed by atoms with van der Waals surface area (Å²) < 4.78 is 0. The number of aliphatic carboxylic acids is 3. The quantitative estimate of drug-likeness (QED) is 0.0237. The number of nitrogens with zero attached hydrogens (tertiary/aromatic N) is 2. The van der Waals surface area contributed by atoms with E-state index in [-0.39, 0.29) is 103 Å². The third-order valence-electron chi connectivity index (χ3n) is 25.0. The number of aromatic nitrogens is 1. The highest BCUT2D eigenvalue weighted by molar-refractivity contribution is 7.98. The van der Waals surface area contributed by atoms with E-state index in [0.717, 1.165) is 6.92 Å². The van der Waals surface area contributed by atoms with Crippen molar-refractivity contribution in [3.63, 3.8) is 0 Å². The minimum Gasteiger partial charge on any atom is -0.481 e. The first-order valence-electron chi connectivity index (χ1n) is 48.9. The van der Waals surface area contributed by atoms with E-state index in [2.05, 4.69) is 90.1 Å². The Morgan fingerprint density at radius 3 is 1.38 bits per heavy atom. The van der Waals surface area contributed by atoms with E-state index in [1.54, 1.807) is 101 Å². The number of hydrogen-bond donors (Lipinski definition) is 25. The van der Waals surface area contributed by atoms with Gasteiger partial charge in [-0.2, -0.15) is 23.5 Å². The van der Waals surface area contributed by atoms with Gasteiger partial charge in [0.1, 0.15) is 90.6 Å².